The van der Waals surface area contributed by atoms with E-state index in [0.29, 0.717) is 24.5 Å². The van der Waals surface area contributed by atoms with Crippen LogP contribution in [0.4, 0.5) is 5.69 Å². The molecule has 0 saturated heterocycles. The van der Waals surface area contributed by atoms with Crippen molar-refractivity contribution in [1.82, 2.24) is 15.1 Å². The van der Waals surface area contributed by atoms with E-state index in [-0.39, 0.29) is 5.91 Å². The highest BCUT2D eigenvalue weighted by molar-refractivity contribution is 7.09. The molecule has 0 aliphatic rings. The molecule has 5 nitrogen and oxygen atoms in total. The lowest BCUT2D eigenvalue weighted by Gasteiger charge is -2.19. The van der Waals surface area contributed by atoms with Gasteiger partial charge in [-0.15, -0.1) is 11.3 Å². The normalized spacial score (nSPS) is 10.4. The Balaban J connectivity index is 2.14. The second-order valence-electron chi connectivity index (χ2n) is 3.60. The molecule has 2 aromatic heterocycles. The van der Waals surface area contributed by atoms with Gasteiger partial charge in [0.2, 0.25) is 0 Å². The van der Waals surface area contributed by atoms with E-state index in [1.807, 2.05) is 24.4 Å². The number of nitrogens with one attached hydrogen (secondary N) is 1. The molecule has 3 N–H and O–H groups in total. The molecule has 2 heterocycles. The van der Waals surface area contributed by atoms with Gasteiger partial charge in [-0.1, -0.05) is 6.07 Å². The van der Waals surface area contributed by atoms with Crippen LogP contribution in [-0.2, 0) is 6.54 Å². The minimum absolute atomic E-state index is 0.115. The van der Waals surface area contributed by atoms with Gasteiger partial charge in [-0.25, -0.2) is 0 Å². The van der Waals surface area contributed by atoms with Gasteiger partial charge >= 0.3 is 0 Å². The van der Waals surface area contributed by atoms with Crippen molar-refractivity contribution in [3.8, 4) is 0 Å². The van der Waals surface area contributed by atoms with Gasteiger partial charge in [0.05, 0.1) is 18.4 Å². The number of aromatic amines is 1. The van der Waals surface area contributed by atoms with Crippen LogP contribution < -0.4 is 5.73 Å². The molecule has 0 fully saturated rings. The molecular weight excluding hydrogens is 236 g/mol. The minimum Gasteiger partial charge on any atom is -0.396 e. The monoisotopic (exact) mass is 250 g/mol. The van der Waals surface area contributed by atoms with E-state index in [0.717, 1.165) is 4.88 Å². The minimum atomic E-state index is -0.115. The van der Waals surface area contributed by atoms with Crippen LogP contribution in [0.2, 0.25) is 0 Å². The molecule has 2 aromatic rings. The van der Waals surface area contributed by atoms with Crippen molar-refractivity contribution in [1.29, 1.82) is 0 Å². The molecule has 0 radical (unpaired) electrons. The van der Waals surface area contributed by atoms with Crippen molar-refractivity contribution in [2.45, 2.75) is 13.5 Å². The Labute approximate surface area is 103 Å². The zero-order valence-electron chi connectivity index (χ0n) is 9.51. The number of hydrogen-bond donors (Lipinski definition) is 2. The number of carbonyl (C=O) groups is 1. The average Bonchev–Trinajstić information content (AvgIpc) is 2.96. The zero-order chi connectivity index (χ0) is 12.3. The molecule has 0 aliphatic carbocycles. The van der Waals surface area contributed by atoms with E-state index in [4.69, 9.17) is 5.73 Å². The van der Waals surface area contributed by atoms with Gasteiger partial charge in [-0.05, 0) is 18.4 Å². The number of nitrogens with two attached hydrogens (primary N) is 1. The van der Waals surface area contributed by atoms with E-state index in [1.54, 1.807) is 16.2 Å². The Morgan fingerprint density at radius 1 is 1.65 bits per heavy atom. The molecule has 0 bridgehead atoms. The Kier molecular flexibility index (Phi) is 3.43. The van der Waals surface area contributed by atoms with Crippen molar-refractivity contribution >= 4 is 22.9 Å². The second-order valence-corrected chi connectivity index (χ2v) is 4.63. The summed E-state index contributed by atoms with van der Waals surface area (Å²) in [7, 11) is 0. The lowest BCUT2D eigenvalue weighted by atomic mass is 10.3. The van der Waals surface area contributed by atoms with Gasteiger partial charge < -0.3 is 10.6 Å². The number of nitrogens with zero attached hydrogens (tertiary/aromatic N) is 2. The average molecular weight is 250 g/mol. The van der Waals surface area contributed by atoms with Gasteiger partial charge in [0.15, 0.2) is 0 Å². The van der Waals surface area contributed by atoms with Crippen LogP contribution in [0.25, 0.3) is 0 Å². The maximum absolute atomic E-state index is 12.2. The van der Waals surface area contributed by atoms with Crippen LogP contribution in [0.5, 0.6) is 0 Å². The zero-order valence-corrected chi connectivity index (χ0v) is 10.3. The lowest BCUT2D eigenvalue weighted by Crippen LogP contribution is -2.30. The number of rotatable bonds is 4. The third-order valence-electron chi connectivity index (χ3n) is 2.48. The van der Waals surface area contributed by atoms with Crippen molar-refractivity contribution in [2.24, 2.45) is 0 Å². The van der Waals surface area contributed by atoms with E-state index >= 15 is 0 Å². The molecule has 0 spiro atoms. The summed E-state index contributed by atoms with van der Waals surface area (Å²) >= 11 is 1.63. The van der Waals surface area contributed by atoms with Gasteiger partial charge in [0.25, 0.3) is 5.91 Å². The number of aromatic nitrogens is 2. The number of amides is 1. The molecule has 0 atom stereocenters. The van der Waals surface area contributed by atoms with Crippen LogP contribution in [0.1, 0.15) is 22.3 Å². The standard InChI is InChI=1S/C11H14N4OS/c1-2-15(7-8-4-3-5-17-8)11(16)10-9(12)6-13-14-10/h3-6H,2,7,12H2,1H3,(H,13,14). The summed E-state index contributed by atoms with van der Waals surface area (Å²) in [6.45, 7) is 3.18. The van der Waals surface area contributed by atoms with Crippen LogP contribution in [0.15, 0.2) is 23.7 Å². The summed E-state index contributed by atoms with van der Waals surface area (Å²) < 4.78 is 0. The van der Waals surface area contributed by atoms with E-state index < -0.39 is 0 Å². The summed E-state index contributed by atoms with van der Waals surface area (Å²) in [5.41, 5.74) is 6.42. The first-order valence-electron chi connectivity index (χ1n) is 5.33. The first-order chi connectivity index (χ1) is 8.22. The number of anilines is 1. The Morgan fingerprint density at radius 2 is 2.47 bits per heavy atom. The molecule has 0 saturated carbocycles. The number of nitrogen functional groups attached to an aromatic ring is 1. The van der Waals surface area contributed by atoms with Gasteiger partial charge in [0.1, 0.15) is 5.69 Å². The number of thiophene rings is 1. The van der Waals surface area contributed by atoms with Crippen molar-refractivity contribution in [2.75, 3.05) is 12.3 Å². The van der Waals surface area contributed by atoms with Gasteiger partial charge in [-0.3, -0.25) is 9.89 Å². The summed E-state index contributed by atoms with van der Waals surface area (Å²) in [5, 5.41) is 8.40. The molecule has 17 heavy (non-hydrogen) atoms. The van der Waals surface area contributed by atoms with E-state index in [9.17, 15) is 4.79 Å². The predicted octanol–water partition coefficient (Wildman–Crippen LogP) is 1.72. The molecule has 1 amide bonds. The number of hydrogen-bond acceptors (Lipinski definition) is 4. The topological polar surface area (TPSA) is 75.0 Å². The summed E-state index contributed by atoms with van der Waals surface area (Å²) in [4.78, 5) is 15.0. The third-order valence-corrected chi connectivity index (χ3v) is 3.34. The van der Waals surface area contributed by atoms with E-state index in [2.05, 4.69) is 10.2 Å². The van der Waals surface area contributed by atoms with Crippen molar-refractivity contribution in [3.63, 3.8) is 0 Å². The van der Waals surface area contributed by atoms with E-state index in [1.165, 1.54) is 6.20 Å². The molecule has 0 aromatic carbocycles. The van der Waals surface area contributed by atoms with Crippen LogP contribution in [-0.4, -0.2) is 27.5 Å². The molecule has 6 heteroatoms. The number of carbonyl (C=O) groups excluding carboxylic acids is 1. The van der Waals surface area contributed by atoms with Crippen LogP contribution in [0.3, 0.4) is 0 Å². The van der Waals surface area contributed by atoms with Crippen LogP contribution >= 0.6 is 11.3 Å². The lowest BCUT2D eigenvalue weighted by molar-refractivity contribution is 0.0749. The fourth-order valence-electron chi connectivity index (χ4n) is 1.54. The molecule has 2 rings (SSSR count). The highest BCUT2D eigenvalue weighted by Gasteiger charge is 2.18. The van der Waals surface area contributed by atoms with Crippen LogP contribution in [0, 0.1) is 0 Å². The molecule has 90 valence electrons. The van der Waals surface area contributed by atoms with Gasteiger partial charge in [0, 0.05) is 11.4 Å². The number of H-pyrrole nitrogens is 1. The Bertz CT molecular complexity index is 491. The predicted molar refractivity (Wildman–Crippen MR) is 67.7 cm³/mol. The highest BCUT2D eigenvalue weighted by atomic mass is 32.1. The summed E-state index contributed by atoms with van der Waals surface area (Å²) in [5.74, 6) is -0.115. The highest BCUT2D eigenvalue weighted by Crippen LogP contribution is 2.15. The first-order valence-corrected chi connectivity index (χ1v) is 6.20. The SMILES string of the molecule is CCN(Cc1cccs1)C(=O)c1[nH]ncc1N. The molecular formula is C11H14N4OS. The fraction of sp³-hybridized carbons (Fsp3) is 0.273. The third kappa shape index (κ3) is 2.47. The Hall–Kier alpha value is -1.82. The second kappa shape index (κ2) is 5.01. The molecule has 0 aliphatic heterocycles. The summed E-state index contributed by atoms with van der Waals surface area (Å²) in [6, 6.07) is 3.99. The van der Waals surface area contributed by atoms with Gasteiger partial charge in [-0.2, -0.15) is 5.10 Å². The smallest absolute Gasteiger partial charge is 0.274 e. The first kappa shape index (κ1) is 11.7. The largest absolute Gasteiger partial charge is 0.396 e. The fourth-order valence-corrected chi connectivity index (χ4v) is 2.26. The van der Waals surface area contributed by atoms with Crippen molar-refractivity contribution in [3.05, 3.63) is 34.3 Å². The summed E-state index contributed by atoms with van der Waals surface area (Å²) in [6.07, 6.45) is 1.45. The maximum Gasteiger partial charge on any atom is 0.274 e. The maximum atomic E-state index is 12.2. The quantitative estimate of drug-likeness (QED) is 0.867. The van der Waals surface area contributed by atoms with Crippen molar-refractivity contribution < 1.29 is 4.79 Å². The Morgan fingerprint density at radius 3 is 3.00 bits per heavy atom. The molecule has 0 unspecified atom stereocenters.